The first-order chi connectivity index (χ1) is 8.78. The van der Waals surface area contributed by atoms with Gasteiger partial charge in [-0.1, -0.05) is 6.07 Å². The Kier molecular flexibility index (Phi) is 3.82. The fraction of sp³-hybridized carbons (Fsp3) is 0.231. The molecule has 0 amide bonds. The van der Waals surface area contributed by atoms with E-state index < -0.39 is 0 Å². The normalized spacial score (nSPS) is 9.94. The van der Waals surface area contributed by atoms with Crippen LogP contribution in [0.3, 0.4) is 0 Å². The van der Waals surface area contributed by atoms with Gasteiger partial charge in [-0.2, -0.15) is 10.4 Å². The lowest BCUT2D eigenvalue weighted by Crippen LogP contribution is -2.05. The van der Waals surface area contributed by atoms with Crippen LogP contribution >= 0.6 is 0 Å². The van der Waals surface area contributed by atoms with Crippen molar-refractivity contribution >= 4 is 5.82 Å². The van der Waals surface area contributed by atoms with Gasteiger partial charge >= 0.3 is 0 Å². The van der Waals surface area contributed by atoms with E-state index in [-0.39, 0.29) is 0 Å². The second kappa shape index (κ2) is 5.73. The van der Waals surface area contributed by atoms with Crippen molar-refractivity contribution in [2.24, 2.45) is 0 Å². The number of aryl methyl sites for hydroxylation is 1. The molecule has 0 saturated heterocycles. The van der Waals surface area contributed by atoms with Crippen LogP contribution in [-0.4, -0.2) is 16.4 Å². The summed E-state index contributed by atoms with van der Waals surface area (Å²) in [5.41, 5.74) is 6.12. The number of hydrogen-bond acceptors (Lipinski definition) is 4. The van der Waals surface area contributed by atoms with E-state index in [2.05, 4.69) is 11.2 Å². The highest BCUT2D eigenvalue weighted by Crippen LogP contribution is 2.12. The Labute approximate surface area is 105 Å². The monoisotopic (exact) mass is 242 g/mol. The number of benzene rings is 1. The van der Waals surface area contributed by atoms with Crippen LogP contribution in [0.15, 0.2) is 36.5 Å². The van der Waals surface area contributed by atoms with E-state index in [1.54, 1.807) is 22.9 Å². The maximum Gasteiger partial charge on any atom is 0.145 e. The largest absolute Gasteiger partial charge is 0.493 e. The van der Waals surface area contributed by atoms with Crippen molar-refractivity contribution in [2.75, 3.05) is 12.3 Å². The molecule has 5 heteroatoms. The number of nitrogens with zero attached hydrogens (tertiary/aromatic N) is 3. The maximum atomic E-state index is 8.76. The summed E-state index contributed by atoms with van der Waals surface area (Å²) in [4.78, 5) is 0. The number of hydrogen-bond donors (Lipinski definition) is 1. The van der Waals surface area contributed by atoms with Gasteiger partial charge in [0.25, 0.3) is 0 Å². The zero-order chi connectivity index (χ0) is 12.8. The quantitative estimate of drug-likeness (QED) is 0.811. The van der Waals surface area contributed by atoms with Gasteiger partial charge in [0, 0.05) is 19.2 Å². The highest BCUT2D eigenvalue weighted by molar-refractivity contribution is 5.36. The second-order valence-electron chi connectivity index (χ2n) is 3.85. The van der Waals surface area contributed by atoms with Crippen LogP contribution in [0, 0.1) is 11.3 Å². The molecular formula is C13H14N4O. The van der Waals surface area contributed by atoms with E-state index in [1.165, 1.54) is 0 Å². The number of anilines is 1. The van der Waals surface area contributed by atoms with E-state index in [0.717, 1.165) is 13.0 Å². The highest BCUT2D eigenvalue weighted by atomic mass is 16.5. The topological polar surface area (TPSA) is 76.9 Å². The fourth-order valence-electron chi connectivity index (χ4n) is 1.57. The van der Waals surface area contributed by atoms with Crippen LogP contribution in [0.2, 0.25) is 0 Å². The van der Waals surface area contributed by atoms with Crippen LogP contribution in [0.1, 0.15) is 12.0 Å². The molecule has 1 aromatic heterocycles. The van der Waals surface area contributed by atoms with Crippen LogP contribution < -0.4 is 10.5 Å². The van der Waals surface area contributed by atoms with Crippen molar-refractivity contribution in [3.05, 3.63) is 42.1 Å². The molecule has 0 radical (unpaired) electrons. The second-order valence-corrected chi connectivity index (χ2v) is 3.85. The molecule has 0 unspecified atom stereocenters. The minimum Gasteiger partial charge on any atom is -0.493 e. The lowest BCUT2D eigenvalue weighted by atomic mass is 10.2. The Morgan fingerprint density at radius 3 is 3.00 bits per heavy atom. The minimum atomic E-state index is 0.526. The number of aromatic nitrogens is 2. The van der Waals surface area contributed by atoms with Gasteiger partial charge in [0.15, 0.2) is 0 Å². The van der Waals surface area contributed by atoms with E-state index in [9.17, 15) is 0 Å². The predicted octanol–water partition coefficient (Wildman–Crippen LogP) is 1.81. The average molecular weight is 242 g/mol. The molecule has 0 aliphatic rings. The fourth-order valence-corrected chi connectivity index (χ4v) is 1.57. The molecule has 2 N–H and O–H groups in total. The van der Waals surface area contributed by atoms with E-state index >= 15 is 0 Å². The molecule has 0 bridgehead atoms. The number of nitrogens with two attached hydrogens (primary N) is 1. The summed E-state index contributed by atoms with van der Waals surface area (Å²) < 4.78 is 7.34. The molecule has 5 nitrogen and oxygen atoms in total. The molecule has 0 aliphatic heterocycles. The average Bonchev–Trinajstić information content (AvgIpc) is 2.81. The lowest BCUT2D eigenvalue weighted by molar-refractivity contribution is 0.298. The molecule has 92 valence electrons. The summed E-state index contributed by atoms with van der Waals surface area (Å²) in [5, 5.41) is 12.8. The first kappa shape index (κ1) is 12.0. The molecule has 0 fully saturated rings. The Balaban J connectivity index is 1.77. The molecule has 1 aromatic carbocycles. The van der Waals surface area contributed by atoms with Gasteiger partial charge in [-0.15, -0.1) is 0 Å². The molecule has 0 saturated carbocycles. The third kappa shape index (κ3) is 3.25. The molecule has 18 heavy (non-hydrogen) atoms. The van der Waals surface area contributed by atoms with Crippen molar-refractivity contribution in [1.82, 2.24) is 9.78 Å². The minimum absolute atomic E-state index is 0.526. The molecule has 0 atom stereocenters. The summed E-state index contributed by atoms with van der Waals surface area (Å²) in [6.45, 7) is 1.34. The summed E-state index contributed by atoms with van der Waals surface area (Å²) in [7, 11) is 0. The van der Waals surface area contributed by atoms with Crippen molar-refractivity contribution < 1.29 is 4.74 Å². The van der Waals surface area contributed by atoms with Gasteiger partial charge in [0.05, 0.1) is 18.2 Å². The first-order valence-electron chi connectivity index (χ1n) is 5.70. The van der Waals surface area contributed by atoms with Crippen LogP contribution in [0.4, 0.5) is 5.82 Å². The molecule has 0 aliphatic carbocycles. The number of ether oxygens (including phenoxy) is 1. The van der Waals surface area contributed by atoms with E-state index in [0.29, 0.717) is 23.7 Å². The molecule has 0 spiro atoms. The van der Waals surface area contributed by atoms with Gasteiger partial charge in [0.1, 0.15) is 11.6 Å². The van der Waals surface area contributed by atoms with Gasteiger partial charge in [-0.05, 0) is 24.3 Å². The van der Waals surface area contributed by atoms with Gasteiger partial charge < -0.3 is 10.5 Å². The zero-order valence-electron chi connectivity index (χ0n) is 9.91. The van der Waals surface area contributed by atoms with Crippen LogP contribution in [0.25, 0.3) is 0 Å². The summed E-state index contributed by atoms with van der Waals surface area (Å²) >= 11 is 0. The van der Waals surface area contributed by atoms with E-state index in [4.69, 9.17) is 15.7 Å². The third-order valence-electron chi connectivity index (χ3n) is 2.42. The molecule has 1 heterocycles. The summed E-state index contributed by atoms with van der Waals surface area (Å²) in [6.07, 6.45) is 2.67. The SMILES string of the molecule is N#Cc1cccc(OCCCn2ccc(N)n2)c1. The Bertz CT molecular complexity index is 556. The predicted molar refractivity (Wildman–Crippen MR) is 67.9 cm³/mol. The Hall–Kier alpha value is -2.48. The van der Waals surface area contributed by atoms with Crippen molar-refractivity contribution in [2.45, 2.75) is 13.0 Å². The van der Waals surface area contributed by atoms with Gasteiger partial charge in [-0.25, -0.2) is 0 Å². The van der Waals surface area contributed by atoms with Crippen LogP contribution in [-0.2, 0) is 6.54 Å². The van der Waals surface area contributed by atoms with Crippen molar-refractivity contribution in [1.29, 1.82) is 5.26 Å². The number of nitrogen functional groups attached to an aromatic ring is 1. The van der Waals surface area contributed by atoms with Crippen molar-refractivity contribution in [3.8, 4) is 11.8 Å². The molecule has 2 aromatic rings. The third-order valence-corrected chi connectivity index (χ3v) is 2.42. The van der Waals surface area contributed by atoms with Gasteiger partial charge in [-0.3, -0.25) is 4.68 Å². The standard InChI is InChI=1S/C13H14N4O/c14-10-11-3-1-4-12(9-11)18-8-2-6-17-7-5-13(15)16-17/h1,3-5,7,9H,2,6,8H2,(H2,15,16). The Morgan fingerprint density at radius 1 is 1.39 bits per heavy atom. The first-order valence-corrected chi connectivity index (χ1v) is 5.70. The van der Waals surface area contributed by atoms with E-state index in [1.807, 2.05) is 18.3 Å². The number of nitriles is 1. The van der Waals surface area contributed by atoms with Crippen LogP contribution in [0.5, 0.6) is 5.75 Å². The summed E-state index contributed by atoms with van der Waals surface area (Å²) in [5.74, 6) is 1.24. The molecule has 2 rings (SSSR count). The highest BCUT2D eigenvalue weighted by Gasteiger charge is 1.97. The van der Waals surface area contributed by atoms with Crippen molar-refractivity contribution in [3.63, 3.8) is 0 Å². The number of rotatable bonds is 5. The van der Waals surface area contributed by atoms with Gasteiger partial charge in [0.2, 0.25) is 0 Å². The zero-order valence-corrected chi connectivity index (χ0v) is 9.91. The Morgan fingerprint density at radius 2 is 2.28 bits per heavy atom. The maximum absolute atomic E-state index is 8.76. The molecular weight excluding hydrogens is 228 g/mol. The summed E-state index contributed by atoms with van der Waals surface area (Å²) in [6, 6.07) is 11.0. The smallest absolute Gasteiger partial charge is 0.145 e. The lowest BCUT2D eigenvalue weighted by Gasteiger charge is -2.06.